The van der Waals surface area contributed by atoms with Crippen LogP contribution in [0, 0.1) is 0 Å². The molecule has 0 bridgehead atoms. The Morgan fingerprint density at radius 3 is 2.68 bits per heavy atom. The van der Waals surface area contributed by atoms with E-state index in [1.54, 1.807) is 0 Å². The maximum atomic E-state index is 6.15. The molecular weight excluding hydrogens is 344 g/mol. The molecule has 1 aliphatic carbocycles. The lowest BCUT2D eigenvalue weighted by Gasteiger charge is -2.12. The lowest BCUT2D eigenvalue weighted by atomic mass is 10.1. The molecule has 3 nitrogen and oxygen atoms in total. The summed E-state index contributed by atoms with van der Waals surface area (Å²) in [4.78, 5) is 3.36. The molecule has 0 aliphatic heterocycles. The molecule has 2 unspecified atom stereocenters. The minimum Gasteiger partial charge on any atom is -0.489 e. The van der Waals surface area contributed by atoms with Gasteiger partial charge in [0.15, 0.2) is 0 Å². The van der Waals surface area contributed by atoms with Crippen molar-refractivity contribution in [3.05, 3.63) is 102 Å². The van der Waals surface area contributed by atoms with Crippen LogP contribution in [-0.2, 0) is 13.2 Å². The zero-order chi connectivity index (χ0) is 18.8. The summed E-state index contributed by atoms with van der Waals surface area (Å²) in [5.41, 5.74) is 5.07. The van der Waals surface area contributed by atoms with Gasteiger partial charge in [0, 0.05) is 30.2 Å². The average Bonchev–Trinajstić information content (AvgIpc) is 3.36. The molecule has 5 rings (SSSR count). The molecule has 3 aromatic carbocycles. The smallest absolute Gasteiger partial charge is 0.123 e. The second kappa shape index (κ2) is 7.53. The minimum atomic E-state index is 0.506. The third kappa shape index (κ3) is 3.54. The van der Waals surface area contributed by atoms with Crippen LogP contribution in [0.25, 0.3) is 10.9 Å². The van der Waals surface area contributed by atoms with Gasteiger partial charge in [-0.05, 0) is 40.6 Å². The average molecular weight is 368 g/mol. The second-order valence-corrected chi connectivity index (χ2v) is 7.50. The van der Waals surface area contributed by atoms with Crippen molar-refractivity contribution in [2.24, 2.45) is 0 Å². The fraction of sp³-hybridized carbons (Fsp3) is 0.200. The summed E-state index contributed by atoms with van der Waals surface area (Å²) in [5, 5.41) is 5.00. The number of aromatic amines is 1. The van der Waals surface area contributed by atoms with E-state index in [0.29, 0.717) is 18.6 Å². The van der Waals surface area contributed by atoms with Crippen LogP contribution in [0.1, 0.15) is 29.0 Å². The van der Waals surface area contributed by atoms with Gasteiger partial charge in [-0.3, -0.25) is 0 Å². The van der Waals surface area contributed by atoms with E-state index < -0.39 is 0 Å². The highest BCUT2D eigenvalue weighted by Gasteiger charge is 2.39. The van der Waals surface area contributed by atoms with Gasteiger partial charge in [0.1, 0.15) is 12.4 Å². The Morgan fingerprint density at radius 2 is 1.75 bits per heavy atom. The number of hydrogen-bond acceptors (Lipinski definition) is 2. The number of ether oxygens (including phenoxy) is 1. The van der Waals surface area contributed by atoms with Crippen molar-refractivity contribution in [3.63, 3.8) is 0 Å². The van der Waals surface area contributed by atoms with Crippen molar-refractivity contribution in [1.82, 2.24) is 10.3 Å². The van der Waals surface area contributed by atoms with Crippen LogP contribution >= 0.6 is 0 Å². The number of para-hydroxylation sites is 2. The van der Waals surface area contributed by atoms with Crippen LogP contribution in [0.15, 0.2) is 85.1 Å². The van der Waals surface area contributed by atoms with Crippen molar-refractivity contribution in [3.8, 4) is 5.75 Å². The van der Waals surface area contributed by atoms with E-state index in [0.717, 1.165) is 18.7 Å². The molecule has 3 heteroatoms. The van der Waals surface area contributed by atoms with E-state index in [9.17, 15) is 0 Å². The minimum absolute atomic E-state index is 0.506. The van der Waals surface area contributed by atoms with Crippen molar-refractivity contribution >= 4 is 10.9 Å². The van der Waals surface area contributed by atoms with E-state index in [2.05, 4.69) is 83.1 Å². The highest BCUT2D eigenvalue weighted by atomic mass is 16.5. The summed E-state index contributed by atoms with van der Waals surface area (Å²) in [6.45, 7) is 1.49. The standard InChI is InChI=1S/C25H24N2O/c1-2-7-18(8-3-1)17-28-24-12-5-4-11-21(24)22-15-23(22)27-16-20-10-6-9-19-13-14-26-25(19)20/h1-14,22-23,26-27H,15-17H2. The topological polar surface area (TPSA) is 37.0 Å². The summed E-state index contributed by atoms with van der Waals surface area (Å²) in [5.74, 6) is 1.53. The second-order valence-electron chi connectivity index (χ2n) is 7.50. The maximum absolute atomic E-state index is 6.15. The first-order valence-electron chi connectivity index (χ1n) is 9.92. The van der Waals surface area contributed by atoms with Gasteiger partial charge < -0.3 is 15.0 Å². The van der Waals surface area contributed by atoms with Gasteiger partial charge in [0.05, 0.1) is 0 Å². The number of H-pyrrole nitrogens is 1. The Labute approximate surface area is 165 Å². The normalized spacial score (nSPS) is 18.3. The molecule has 140 valence electrons. The van der Waals surface area contributed by atoms with Crippen molar-refractivity contribution in [2.75, 3.05) is 0 Å². The van der Waals surface area contributed by atoms with Crippen LogP contribution in [0.4, 0.5) is 0 Å². The lowest BCUT2D eigenvalue weighted by molar-refractivity contribution is 0.302. The molecule has 2 atom stereocenters. The lowest BCUT2D eigenvalue weighted by Crippen LogP contribution is -2.17. The molecule has 1 saturated carbocycles. The molecule has 1 heterocycles. The molecular formula is C25H24N2O. The molecule has 4 aromatic rings. The Hall–Kier alpha value is -3.04. The first-order valence-corrected chi connectivity index (χ1v) is 9.92. The van der Waals surface area contributed by atoms with Gasteiger partial charge in [-0.2, -0.15) is 0 Å². The predicted molar refractivity (Wildman–Crippen MR) is 114 cm³/mol. The summed E-state index contributed by atoms with van der Waals surface area (Å²) < 4.78 is 6.15. The third-order valence-electron chi connectivity index (χ3n) is 5.57. The van der Waals surface area contributed by atoms with Crippen molar-refractivity contribution in [1.29, 1.82) is 0 Å². The molecule has 0 radical (unpaired) electrons. The highest BCUT2D eigenvalue weighted by molar-refractivity contribution is 5.82. The number of rotatable bonds is 7. The molecule has 1 aliphatic rings. The quantitative estimate of drug-likeness (QED) is 0.459. The number of fused-ring (bicyclic) bond motifs is 1. The summed E-state index contributed by atoms with van der Waals surface area (Å²) in [6.07, 6.45) is 3.17. The monoisotopic (exact) mass is 368 g/mol. The van der Waals surface area contributed by atoms with Crippen LogP contribution in [-0.4, -0.2) is 11.0 Å². The Kier molecular flexibility index (Phi) is 4.59. The van der Waals surface area contributed by atoms with Crippen molar-refractivity contribution < 1.29 is 4.74 Å². The number of hydrogen-bond donors (Lipinski definition) is 2. The Bertz CT molecular complexity index is 1070. The van der Waals surface area contributed by atoms with E-state index >= 15 is 0 Å². The van der Waals surface area contributed by atoms with E-state index in [-0.39, 0.29) is 0 Å². The van der Waals surface area contributed by atoms with Crippen LogP contribution < -0.4 is 10.1 Å². The van der Waals surface area contributed by atoms with Crippen LogP contribution in [0.3, 0.4) is 0 Å². The molecule has 0 amide bonds. The largest absolute Gasteiger partial charge is 0.489 e. The molecule has 0 spiro atoms. The van der Waals surface area contributed by atoms with E-state index in [1.807, 2.05) is 12.3 Å². The zero-order valence-corrected chi connectivity index (χ0v) is 15.8. The first kappa shape index (κ1) is 17.1. The summed E-state index contributed by atoms with van der Waals surface area (Å²) >= 11 is 0. The Morgan fingerprint density at radius 1 is 0.893 bits per heavy atom. The number of benzene rings is 3. The van der Waals surface area contributed by atoms with Gasteiger partial charge in [0.2, 0.25) is 0 Å². The van der Waals surface area contributed by atoms with Gasteiger partial charge in [-0.25, -0.2) is 0 Å². The number of nitrogens with one attached hydrogen (secondary N) is 2. The Balaban J connectivity index is 1.24. The van der Waals surface area contributed by atoms with E-state index in [4.69, 9.17) is 4.74 Å². The molecule has 1 fully saturated rings. The molecule has 2 N–H and O–H groups in total. The van der Waals surface area contributed by atoms with E-state index in [1.165, 1.54) is 27.6 Å². The molecule has 28 heavy (non-hydrogen) atoms. The van der Waals surface area contributed by atoms with Gasteiger partial charge in [0.25, 0.3) is 0 Å². The van der Waals surface area contributed by atoms with Crippen LogP contribution in [0.5, 0.6) is 5.75 Å². The van der Waals surface area contributed by atoms with Gasteiger partial charge in [-0.1, -0.05) is 66.7 Å². The SMILES string of the molecule is c1ccc(COc2ccccc2C2CC2NCc2cccc3cc[nH]c23)cc1. The zero-order valence-electron chi connectivity index (χ0n) is 15.8. The molecule has 0 saturated heterocycles. The highest BCUT2D eigenvalue weighted by Crippen LogP contribution is 2.45. The van der Waals surface area contributed by atoms with Gasteiger partial charge in [-0.15, -0.1) is 0 Å². The molecule has 1 aromatic heterocycles. The maximum Gasteiger partial charge on any atom is 0.123 e. The fourth-order valence-corrected chi connectivity index (χ4v) is 3.96. The van der Waals surface area contributed by atoms with Crippen molar-refractivity contribution in [2.45, 2.75) is 31.5 Å². The van der Waals surface area contributed by atoms with Crippen LogP contribution in [0.2, 0.25) is 0 Å². The predicted octanol–water partition coefficient (Wildman–Crippen LogP) is 5.39. The summed E-state index contributed by atoms with van der Waals surface area (Å²) in [7, 11) is 0. The fourth-order valence-electron chi connectivity index (χ4n) is 3.96. The first-order chi connectivity index (χ1) is 13.9. The van der Waals surface area contributed by atoms with Gasteiger partial charge >= 0.3 is 0 Å². The number of aromatic nitrogens is 1. The summed E-state index contributed by atoms with van der Waals surface area (Å²) in [6, 6.07) is 27.9. The third-order valence-corrected chi connectivity index (χ3v) is 5.57.